The second kappa shape index (κ2) is 5.59. The molecule has 1 heterocycles. The van der Waals surface area contributed by atoms with E-state index in [2.05, 4.69) is 50.0 Å². The number of benzene rings is 1. The Bertz CT molecular complexity index is 729. The summed E-state index contributed by atoms with van der Waals surface area (Å²) in [5.41, 5.74) is 3.39. The van der Waals surface area contributed by atoms with Crippen molar-refractivity contribution in [3.8, 4) is 0 Å². The maximum absolute atomic E-state index is 5.01. The van der Waals surface area contributed by atoms with Crippen LogP contribution in [0, 0.1) is 16.7 Å². The molecule has 0 N–H and O–H groups in total. The van der Waals surface area contributed by atoms with Crippen molar-refractivity contribution in [2.45, 2.75) is 44.4 Å². The number of aromatic nitrogens is 1. The first-order valence-corrected chi connectivity index (χ1v) is 10.3. The van der Waals surface area contributed by atoms with Gasteiger partial charge < -0.3 is 0 Å². The summed E-state index contributed by atoms with van der Waals surface area (Å²) in [5.74, 6) is 1.88. The van der Waals surface area contributed by atoms with Gasteiger partial charge in [0, 0.05) is 23.4 Å². The van der Waals surface area contributed by atoms with Crippen LogP contribution in [0.4, 0.5) is 0 Å². The molecular formula is C19H24N2S2. The fraction of sp³-hybridized carbons (Fsp3) is 0.579. The second-order valence-electron chi connectivity index (χ2n) is 7.62. The van der Waals surface area contributed by atoms with E-state index in [4.69, 9.17) is 4.99 Å². The van der Waals surface area contributed by atoms with E-state index in [0.29, 0.717) is 10.8 Å². The third-order valence-corrected chi connectivity index (χ3v) is 8.57. The molecule has 2 fully saturated rings. The van der Waals surface area contributed by atoms with Crippen LogP contribution in [0.25, 0.3) is 10.2 Å². The van der Waals surface area contributed by atoms with Crippen molar-refractivity contribution in [3.63, 3.8) is 0 Å². The topological polar surface area (TPSA) is 25.2 Å². The Kier molecular flexibility index (Phi) is 3.80. The zero-order valence-electron chi connectivity index (χ0n) is 14.1. The molecule has 4 rings (SSSR count). The predicted molar refractivity (Wildman–Crippen MR) is 102 cm³/mol. The molecule has 0 amide bonds. The summed E-state index contributed by atoms with van der Waals surface area (Å²) in [6, 6.07) is 8.38. The Hall–Kier alpha value is -0.870. The highest BCUT2D eigenvalue weighted by molar-refractivity contribution is 8.01. The average molecular weight is 345 g/mol. The molecule has 0 saturated heterocycles. The van der Waals surface area contributed by atoms with Gasteiger partial charge in [0.05, 0.1) is 10.2 Å². The number of para-hydroxylation sites is 1. The highest BCUT2D eigenvalue weighted by Crippen LogP contribution is 2.63. The van der Waals surface area contributed by atoms with Gasteiger partial charge in [-0.25, -0.2) is 4.98 Å². The van der Waals surface area contributed by atoms with Crippen molar-refractivity contribution >= 4 is 39.0 Å². The largest absolute Gasteiger partial charge is 0.293 e. The zero-order chi connectivity index (χ0) is 16.1. The van der Waals surface area contributed by atoms with Crippen LogP contribution in [0.15, 0.2) is 33.6 Å². The van der Waals surface area contributed by atoms with Gasteiger partial charge in [-0.1, -0.05) is 44.7 Å². The zero-order valence-corrected chi connectivity index (χ0v) is 15.8. The van der Waals surface area contributed by atoms with Crippen LogP contribution >= 0.6 is 23.1 Å². The lowest BCUT2D eigenvalue weighted by atomic mass is 9.70. The smallest absolute Gasteiger partial charge is 0.151 e. The molecule has 2 aliphatic carbocycles. The molecule has 2 saturated carbocycles. The van der Waals surface area contributed by atoms with Gasteiger partial charge >= 0.3 is 0 Å². The van der Waals surface area contributed by atoms with Crippen molar-refractivity contribution in [2.24, 2.45) is 21.7 Å². The fourth-order valence-corrected chi connectivity index (χ4v) is 6.37. The number of thioether (sulfide) groups is 1. The van der Waals surface area contributed by atoms with Crippen LogP contribution in [0.3, 0.4) is 0 Å². The first-order chi connectivity index (χ1) is 11.0. The summed E-state index contributed by atoms with van der Waals surface area (Å²) in [5, 5.41) is 0. The van der Waals surface area contributed by atoms with Gasteiger partial charge in [-0.05, 0) is 42.7 Å². The van der Waals surface area contributed by atoms with Crippen molar-refractivity contribution < 1.29 is 0 Å². The quantitative estimate of drug-likeness (QED) is 0.527. The first kappa shape index (κ1) is 15.6. The van der Waals surface area contributed by atoms with Crippen LogP contribution in [0.5, 0.6) is 0 Å². The number of fused-ring (bicyclic) bond motifs is 3. The van der Waals surface area contributed by atoms with E-state index in [1.165, 1.54) is 34.0 Å². The molecule has 1 aromatic heterocycles. The number of hydrogen-bond acceptors (Lipinski definition) is 4. The van der Waals surface area contributed by atoms with Crippen LogP contribution in [-0.2, 0) is 0 Å². The Morgan fingerprint density at radius 2 is 2.13 bits per heavy atom. The molecule has 2 nitrogen and oxygen atoms in total. The van der Waals surface area contributed by atoms with E-state index >= 15 is 0 Å². The van der Waals surface area contributed by atoms with Crippen LogP contribution in [0.2, 0.25) is 0 Å². The Morgan fingerprint density at radius 1 is 1.30 bits per heavy atom. The molecular weight excluding hydrogens is 320 g/mol. The SMILES string of the molecule is CC1(C)[C@@H]2CC[C@@]1(C)C(=NCCSc1nc3ccccc3s1)C2. The van der Waals surface area contributed by atoms with Crippen molar-refractivity contribution in [3.05, 3.63) is 24.3 Å². The van der Waals surface area contributed by atoms with E-state index in [0.717, 1.165) is 23.7 Å². The highest BCUT2D eigenvalue weighted by Gasteiger charge is 2.59. The number of aliphatic imine (C=N–C) groups is 1. The molecule has 4 heteroatoms. The van der Waals surface area contributed by atoms with Crippen LogP contribution in [0.1, 0.15) is 40.0 Å². The van der Waals surface area contributed by atoms with Crippen molar-refractivity contribution in [1.29, 1.82) is 0 Å². The molecule has 0 radical (unpaired) electrons. The number of nitrogens with zero attached hydrogens (tertiary/aromatic N) is 2. The third kappa shape index (κ3) is 2.45. The molecule has 2 aliphatic rings. The normalized spacial score (nSPS) is 30.6. The van der Waals surface area contributed by atoms with E-state index in [1.54, 1.807) is 11.3 Å². The van der Waals surface area contributed by atoms with Crippen LogP contribution < -0.4 is 0 Å². The summed E-state index contributed by atoms with van der Waals surface area (Å²) in [7, 11) is 0. The standard InChI is InChI=1S/C19H24N2S2/c1-18(2)13-8-9-19(18,3)16(12-13)20-10-11-22-17-21-14-6-4-5-7-15(14)23-17/h4-7,13H,8-12H2,1-3H3/t13-,19+/m1/s1. The molecule has 2 bridgehead atoms. The maximum Gasteiger partial charge on any atom is 0.151 e. The minimum atomic E-state index is 0.345. The minimum absolute atomic E-state index is 0.345. The van der Waals surface area contributed by atoms with E-state index in [1.807, 2.05) is 11.8 Å². The molecule has 0 spiro atoms. The van der Waals surface area contributed by atoms with E-state index in [9.17, 15) is 0 Å². The predicted octanol–water partition coefficient (Wildman–Crippen LogP) is 5.68. The lowest BCUT2D eigenvalue weighted by Gasteiger charge is -2.34. The minimum Gasteiger partial charge on any atom is -0.293 e. The Morgan fingerprint density at radius 3 is 2.83 bits per heavy atom. The molecule has 2 aromatic rings. The van der Waals surface area contributed by atoms with Gasteiger partial charge in [0.25, 0.3) is 0 Å². The second-order valence-corrected chi connectivity index (χ2v) is 9.99. The van der Waals surface area contributed by atoms with Crippen molar-refractivity contribution in [2.75, 3.05) is 12.3 Å². The molecule has 0 aliphatic heterocycles. The van der Waals surface area contributed by atoms with Crippen molar-refractivity contribution in [1.82, 2.24) is 4.98 Å². The number of hydrogen-bond donors (Lipinski definition) is 0. The first-order valence-electron chi connectivity index (χ1n) is 8.53. The van der Waals surface area contributed by atoms with Gasteiger partial charge in [0.2, 0.25) is 0 Å². The Labute approximate surface area is 146 Å². The molecule has 0 unspecified atom stereocenters. The summed E-state index contributed by atoms with van der Waals surface area (Å²) in [4.78, 5) is 9.70. The lowest BCUT2D eigenvalue weighted by Crippen LogP contribution is -2.32. The van der Waals surface area contributed by atoms with Crippen LogP contribution in [-0.4, -0.2) is 23.0 Å². The highest BCUT2D eigenvalue weighted by atomic mass is 32.2. The summed E-state index contributed by atoms with van der Waals surface area (Å²) >= 11 is 3.64. The Balaban J connectivity index is 1.39. The monoisotopic (exact) mass is 344 g/mol. The lowest BCUT2D eigenvalue weighted by molar-refractivity contribution is 0.194. The van der Waals surface area contributed by atoms with Gasteiger partial charge in [0.1, 0.15) is 0 Å². The third-order valence-electron chi connectivity index (χ3n) is 6.41. The molecule has 2 atom stereocenters. The average Bonchev–Trinajstić information content (AvgIpc) is 3.09. The van der Waals surface area contributed by atoms with Gasteiger partial charge in [-0.15, -0.1) is 11.3 Å². The summed E-state index contributed by atoms with van der Waals surface area (Å²) in [6.45, 7) is 8.26. The molecule has 1 aromatic carbocycles. The molecule has 23 heavy (non-hydrogen) atoms. The number of rotatable bonds is 4. The van der Waals surface area contributed by atoms with Gasteiger partial charge in [-0.3, -0.25) is 4.99 Å². The summed E-state index contributed by atoms with van der Waals surface area (Å²) in [6.07, 6.45) is 3.95. The number of thiazole rings is 1. The van der Waals surface area contributed by atoms with E-state index in [-0.39, 0.29) is 0 Å². The maximum atomic E-state index is 5.01. The summed E-state index contributed by atoms with van der Waals surface area (Å²) < 4.78 is 2.45. The van der Waals surface area contributed by atoms with Gasteiger partial charge in [0.15, 0.2) is 4.34 Å². The molecule has 122 valence electrons. The van der Waals surface area contributed by atoms with Gasteiger partial charge in [-0.2, -0.15) is 0 Å². The fourth-order valence-electron chi connectivity index (χ4n) is 4.39. The van der Waals surface area contributed by atoms with E-state index < -0.39 is 0 Å².